The van der Waals surface area contributed by atoms with E-state index in [9.17, 15) is 0 Å². The van der Waals surface area contributed by atoms with Crippen LogP contribution < -0.4 is 10.5 Å². The molecule has 100 valence electrons. The molecule has 0 bridgehead atoms. The molecule has 0 amide bonds. The molecule has 2 rings (SSSR count). The summed E-state index contributed by atoms with van der Waals surface area (Å²) in [6.45, 7) is 5.17. The Hall–Kier alpha value is -0.580. The van der Waals surface area contributed by atoms with Crippen LogP contribution in [0, 0.1) is 5.92 Å². The molecule has 1 aliphatic rings. The predicted molar refractivity (Wildman–Crippen MR) is 77.8 cm³/mol. The molecule has 1 aromatic carbocycles. The molecule has 2 atom stereocenters. The van der Waals surface area contributed by atoms with Gasteiger partial charge in [-0.1, -0.05) is 22.9 Å². The maximum Gasteiger partial charge on any atom is 0.123 e. The lowest BCUT2D eigenvalue weighted by Crippen LogP contribution is -2.32. The van der Waals surface area contributed by atoms with E-state index in [1.165, 1.54) is 12.0 Å². The van der Waals surface area contributed by atoms with Crippen molar-refractivity contribution >= 4 is 15.9 Å². The highest BCUT2D eigenvalue weighted by Crippen LogP contribution is 2.34. The molecule has 0 aromatic heterocycles. The van der Waals surface area contributed by atoms with Gasteiger partial charge in [-0.05, 0) is 37.1 Å². The Bertz CT molecular complexity index is 411. The zero-order valence-corrected chi connectivity index (χ0v) is 12.6. The summed E-state index contributed by atoms with van der Waals surface area (Å²) >= 11 is 3.53. The van der Waals surface area contributed by atoms with Gasteiger partial charge in [-0.3, -0.25) is 4.90 Å². The predicted octanol–water partition coefficient (Wildman–Crippen LogP) is 2.80. The molecule has 1 aliphatic heterocycles. The van der Waals surface area contributed by atoms with E-state index in [0.29, 0.717) is 6.54 Å². The molecular formula is C14H21BrN2O. The Morgan fingerprint density at radius 2 is 2.33 bits per heavy atom. The number of hydrogen-bond acceptors (Lipinski definition) is 3. The minimum atomic E-state index is 0.252. The average Bonchev–Trinajstić information content (AvgIpc) is 2.77. The Kier molecular flexibility index (Phi) is 4.65. The fraction of sp³-hybridized carbons (Fsp3) is 0.571. The molecule has 4 heteroatoms. The standard InChI is InChI=1S/C14H21BrN2O/c1-10-5-6-17(9-10)13(8-16)12-7-11(15)3-4-14(12)18-2/h3-4,7,10,13H,5-6,8-9,16H2,1-2H3. The number of halogens is 1. The van der Waals surface area contributed by atoms with Crippen molar-refractivity contribution in [3.05, 3.63) is 28.2 Å². The van der Waals surface area contributed by atoms with Crippen molar-refractivity contribution in [3.63, 3.8) is 0 Å². The first-order valence-electron chi connectivity index (χ1n) is 6.43. The van der Waals surface area contributed by atoms with Crippen LogP contribution in [-0.4, -0.2) is 31.6 Å². The van der Waals surface area contributed by atoms with Crippen LogP contribution in [-0.2, 0) is 0 Å². The molecular weight excluding hydrogens is 292 g/mol. The van der Waals surface area contributed by atoms with E-state index in [0.717, 1.165) is 29.2 Å². The van der Waals surface area contributed by atoms with E-state index >= 15 is 0 Å². The summed E-state index contributed by atoms with van der Waals surface area (Å²) in [7, 11) is 1.72. The third-order valence-corrected chi connectivity index (χ3v) is 4.16. The lowest BCUT2D eigenvalue weighted by molar-refractivity contribution is 0.238. The molecule has 18 heavy (non-hydrogen) atoms. The number of benzene rings is 1. The minimum absolute atomic E-state index is 0.252. The molecule has 3 nitrogen and oxygen atoms in total. The second-order valence-corrected chi connectivity index (χ2v) is 5.94. The van der Waals surface area contributed by atoms with Crippen LogP contribution in [0.5, 0.6) is 5.75 Å². The van der Waals surface area contributed by atoms with E-state index in [1.54, 1.807) is 7.11 Å². The lowest BCUT2D eigenvalue weighted by Gasteiger charge is -2.28. The van der Waals surface area contributed by atoms with Crippen molar-refractivity contribution in [2.24, 2.45) is 11.7 Å². The van der Waals surface area contributed by atoms with Gasteiger partial charge in [0.1, 0.15) is 5.75 Å². The summed E-state index contributed by atoms with van der Waals surface area (Å²) in [6.07, 6.45) is 1.26. The second kappa shape index (κ2) is 6.04. The normalized spacial score (nSPS) is 22.1. The summed E-state index contributed by atoms with van der Waals surface area (Å²) in [4.78, 5) is 2.47. The van der Waals surface area contributed by atoms with Crippen molar-refractivity contribution in [2.75, 3.05) is 26.7 Å². The number of likely N-dealkylation sites (tertiary alicyclic amines) is 1. The van der Waals surface area contributed by atoms with Crippen molar-refractivity contribution in [1.82, 2.24) is 4.90 Å². The minimum Gasteiger partial charge on any atom is -0.496 e. The van der Waals surface area contributed by atoms with Gasteiger partial charge in [0.05, 0.1) is 13.2 Å². The number of nitrogens with two attached hydrogens (primary N) is 1. The maximum atomic E-state index is 5.99. The van der Waals surface area contributed by atoms with Crippen molar-refractivity contribution in [2.45, 2.75) is 19.4 Å². The average molecular weight is 313 g/mol. The zero-order valence-electron chi connectivity index (χ0n) is 11.0. The van der Waals surface area contributed by atoms with Crippen LogP contribution in [0.25, 0.3) is 0 Å². The number of ether oxygens (including phenoxy) is 1. The molecule has 1 saturated heterocycles. The first-order chi connectivity index (χ1) is 8.65. The van der Waals surface area contributed by atoms with Crippen LogP contribution in [0.3, 0.4) is 0 Å². The van der Waals surface area contributed by atoms with E-state index in [1.807, 2.05) is 12.1 Å². The number of methoxy groups -OCH3 is 1. The number of hydrogen-bond donors (Lipinski definition) is 1. The molecule has 1 aromatic rings. The molecule has 2 N–H and O–H groups in total. The number of nitrogens with zero attached hydrogens (tertiary/aromatic N) is 1. The van der Waals surface area contributed by atoms with Crippen LogP contribution >= 0.6 is 15.9 Å². The Balaban J connectivity index is 2.29. The molecule has 0 spiro atoms. The Morgan fingerprint density at radius 1 is 1.56 bits per heavy atom. The van der Waals surface area contributed by atoms with Gasteiger partial charge in [-0.2, -0.15) is 0 Å². The quantitative estimate of drug-likeness (QED) is 0.929. The summed E-state index contributed by atoms with van der Waals surface area (Å²) in [5, 5.41) is 0. The van der Waals surface area contributed by atoms with Crippen LogP contribution in [0.2, 0.25) is 0 Å². The van der Waals surface area contributed by atoms with Gasteiger partial charge in [-0.15, -0.1) is 0 Å². The molecule has 0 radical (unpaired) electrons. The Labute approximate surface area is 117 Å². The van der Waals surface area contributed by atoms with Gasteiger partial charge in [0, 0.05) is 23.1 Å². The van der Waals surface area contributed by atoms with Crippen LogP contribution in [0.4, 0.5) is 0 Å². The molecule has 1 fully saturated rings. The molecule has 1 heterocycles. The smallest absolute Gasteiger partial charge is 0.123 e. The van der Waals surface area contributed by atoms with Gasteiger partial charge >= 0.3 is 0 Å². The highest BCUT2D eigenvalue weighted by molar-refractivity contribution is 9.10. The first kappa shape index (κ1) is 13.8. The third kappa shape index (κ3) is 2.87. The zero-order chi connectivity index (χ0) is 13.1. The van der Waals surface area contributed by atoms with E-state index in [4.69, 9.17) is 10.5 Å². The third-order valence-electron chi connectivity index (χ3n) is 3.67. The monoisotopic (exact) mass is 312 g/mol. The van der Waals surface area contributed by atoms with E-state index in [-0.39, 0.29) is 6.04 Å². The highest BCUT2D eigenvalue weighted by Gasteiger charge is 2.28. The number of rotatable bonds is 4. The van der Waals surface area contributed by atoms with Crippen molar-refractivity contribution in [3.8, 4) is 5.75 Å². The molecule has 0 aliphatic carbocycles. The first-order valence-corrected chi connectivity index (χ1v) is 7.22. The largest absolute Gasteiger partial charge is 0.496 e. The van der Waals surface area contributed by atoms with E-state index < -0.39 is 0 Å². The molecule has 2 unspecified atom stereocenters. The summed E-state index contributed by atoms with van der Waals surface area (Å²) in [5.41, 5.74) is 7.17. The lowest BCUT2D eigenvalue weighted by atomic mass is 10.0. The highest BCUT2D eigenvalue weighted by atomic mass is 79.9. The van der Waals surface area contributed by atoms with Crippen LogP contribution in [0.15, 0.2) is 22.7 Å². The SMILES string of the molecule is COc1ccc(Br)cc1C(CN)N1CCC(C)C1. The second-order valence-electron chi connectivity index (χ2n) is 5.03. The fourth-order valence-corrected chi connectivity index (χ4v) is 3.07. The van der Waals surface area contributed by atoms with Gasteiger partial charge in [0.15, 0.2) is 0 Å². The molecule has 0 saturated carbocycles. The van der Waals surface area contributed by atoms with Crippen molar-refractivity contribution in [1.29, 1.82) is 0 Å². The topological polar surface area (TPSA) is 38.5 Å². The summed E-state index contributed by atoms with van der Waals surface area (Å²) < 4.78 is 6.54. The van der Waals surface area contributed by atoms with Gasteiger partial charge in [0.25, 0.3) is 0 Å². The van der Waals surface area contributed by atoms with Gasteiger partial charge < -0.3 is 10.5 Å². The van der Waals surface area contributed by atoms with Crippen molar-refractivity contribution < 1.29 is 4.74 Å². The summed E-state index contributed by atoms with van der Waals surface area (Å²) in [6, 6.07) is 6.38. The Morgan fingerprint density at radius 3 is 2.89 bits per heavy atom. The van der Waals surface area contributed by atoms with Gasteiger partial charge in [-0.25, -0.2) is 0 Å². The van der Waals surface area contributed by atoms with Crippen LogP contribution in [0.1, 0.15) is 24.9 Å². The van der Waals surface area contributed by atoms with E-state index in [2.05, 4.69) is 33.8 Å². The fourth-order valence-electron chi connectivity index (χ4n) is 2.69. The van der Waals surface area contributed by atoms with Gasteiger partial charge in [0.2, 0.25) is 0 Å². The maximum absolute atomic E-state index is 5.99. The summed E-state index contributed by atoms with van der Waals surface area (Å²) in [5.74, 6) is 1.69.